The number of rotatable bonds is 8. The Kier molecular flexibility index (Phi) is 5.82. The average molecular weight is 253 g/mol. The minimum Gasteiger partial charge on any atom is -0.389 e. The molecule has 0 saturated heterocycles. The first-order valence-electron chi connectivity index (χ1n) is 7.00. The standard InChI is InChI=1S/C14H27N3O/c1-4-12-10-13(5-2)17(16-12)9-7-6-8-14(3,18)11-15/h10,18H,4-9,11,15H2,1-3H3. The van der Waals surface area contributed by atoms with Crippen LogP contribution >= 0.6 is 0 Å². The lowest BCUT2D eigenvalue weighted by atomic mass is 9.99. The molecule has 1 unspecified atom stereocenters. The molecule has 4 nitrogen and oxygen atoms in total. The van der Waals surface area contributed by atoms with E-state index in [-0.39, 0.29) is 0 Å². The monoisotopic (exact) mass is 253 g/mol. The van der Waals surface area contributed by atoms with Crippen molar-refractivity contribution < 1.29 is 5.11 Å². The zero-order valence-electron chi connectivity index (χ0n) is 11.9. The quantitative estimate of drug-likeness (QED) is 0.695. The van der Waals surface area contributed by atoms with Gasteiger partial charge in [-0.15, -0.1) is 0 Å². The van der Waals surface area contributed by atoms with E-state index in [0.717, 1.165) is 38.6 Å². The van der Waals surface area contributed by atoms with E-state index in [1.54, 1.807) is 6.92 Å². The topological polar surface area (TPSA) is 64.1 Å². The molecule has 0 bridgehead atoms. The molecule has 0 fully saturated rings. The number of hydrogen-bond donors (Lipinski definition) is 2. The van der Waals surface area contributed by atoms with E-state index in [2.05, 4.69) is 29.7 Å². The van der Waals surface area contributed by atoms with Crippen LogP contribution in [0.25, 0.3) is 0 Å². The Morgan fingerprint density at radius 2 is 2.06 bits per heavy atom. The second-order valence-corrected chi connectivity index (χ2v) is 5.22. The Labute approximate surface area is 110 Å². The molecular weight excluding hydrogens is 226 g/mol. The average Bonchev–Trinajstić information content (AvgIpc) is 2.77. The van der Waals surface area contributed by atoms with Crippen LogP contribution in [0.5, 0.6) is 0 Å². The van der Waals surface area contributed by atoms with Gasteiger partial charge in [0.2, 0.25) is 0 Å². The number of unbranched alkanes of at least 4 members (excludes halogenated alkanes) is 1. The Hall–Kier alpha value is -0.870. The van der Waals surface area contributed by atoms with Crippen molar-refractivity contribution in [2.24, 2.45) is 5.73 Å². The number of aliphatic hydroxyl groups is 1. The fourth-order valence-corrected chi connectivity index (χ4v) is 2.04. The summed E-state index contributed by atoms with van der Waals surface area (Å²) in [6.07, 6.45) is 4.78. The summed E-state index contributed by atoms with van der Waals surface area (Å²) in [4.78, 5) is 0. The maximum absolute atomic E-state index is 9.82. The van der Waals surface area contributed by atoms with Crippen molar-refractivity contribution in [2.75, 3.05) is 6.54 Å². The molecular formula is C14H27N3O. The van der Waals surface area contributed by atoms with Gasteiger partial charge in [0.1, 0.15) is 0 Å². The van der Waals surface area contributed by atoms with Gasteiger partial charge in [-0.05, 0) is 45.1 Å². The molecule has 18 heavy (non-hydrogen) atoms. The molecule has 1 atom stereocenters. The Bertz CT molecular complexity index is 358. The normalized spacial score (nSPS) is 14.7. The largest absolute Gasteiger partial charge is 0.389 e. The van der Waals surface area contributed by atoms with Gasteiger partial charge in [0.15, 0.2) is 0 Å². The highest BCUT2D eigenvalue weighted by Crippen LogP contribution is 2.13. The van der Waals surface area contributed by atoms with Crippen molar-refractivity contribution in [1.29, 1.82) is 0 Å². The molecule has 1 rings (SSSR count). The van der Waals surface area contributed by atoms with Gasteiger partial charge in [-0.2, -0.15) is 5.10 Å². The summed E-state index contributed by atoms with van der Waals surface area (Å²) < 4.78 is 2.11. The fourth-order valence-electron chi connectivity index (χ4n) is 2.04. The van der Waals surface area contributed by atoms with E-state index in [1.165, 1.54) is 11.4 Å². The second kappa shape index (κ2) is 6.90. The second-order valence-electron chi connectivity index (χ2n) is 5.22. The van der Waals surface area contributed by atoms with E-state index in [9.17, 15) is 5.11 Å². The van der Waals surface area contributed by atoms with Crippen LogP contribution in [0, 0.1) is 0 Å². The van der Waals surface area contributed by atoms with Crippen molar-refractivity contribution in [3.8, 4) is 0 Å². The van der Waals surface area contributed by atoms with E-state index in [1.807, 2.05) is 0 Å². The highest BCUT2D eigenvalue weighted by atomic mass is 16.3. The fraction of sp³-hybridized carbons (Fsp3) is 0.786. The summed E-state index contributed by atoms with van der Waals surface area (Å²) in [5.41, 5.74) is 7.25. The number of aryl methyl sites for hydroxylation is 3. The predicted octanol–water partition coefficient (Wildman–Crippen LogP) is 1.89. The molecule has 0 aromatic carbocycles. The van der Waals surface area contributed by atoms with Crippen LogP contribution in [0.3, 0.4) is 0 Å². The van der Waals surface area contributed by atoms with Crippen molar-refractivity contribution in [2.45, 2.75) is 65.0 Å². The van der Waals surface area contributed by atoms with Crippen LogP contribution in [0.2, 0.25) is 0 Å². The van der Waals surface area contributed by atoms with Gasteiger partial charge in [-0.25, -0.2) is 0 Å². The van der Waals surface area contributed by atoms with Gasteiger partial charge in [-0.1, -0.05) is 13.8 Å². The van der Waals surface area contributed by atoms with Crippen LogP contribution < -0.4 is 5.73 Å². The number of hydrogen-bond acceptors (Lipinski definition) is 3. The highest BCUT2D eigenvalue weighted by Gasteiger charge is 2.16. The minimum atomic E-state index is -0.716. The first kappa shape index (κ1) is 15.2. The zero-order chi connectivity index (χ0) is 13.6. The number of nitrogens with two attached hydrogens (primary N) is 1. The molecule has 0 saturated carbocycles. The molecule has 0 aliphatic carbocycles. The maximum Gasteiger partial charge on any atom is 0.0741 e. The molecule has 0 amide bonds. The molecule has 0 aliphatic rings. The van der Waals surface area contributed by atoms with Crippen LogP contribution in [0.4, 0.5) is 0 Å². The summed E-state index contributed by atoms with van der Waals surface area (Å²) in [5.74, 6) is 0. The molecule has 3 N–H and O–H groups in total. The van der Waals surface area contributed by atoms with Crippen molar-refractivity contribution in [3.05, 3.63) is 17.5 Å². The third kappa shape index (κ3) is 4.42. The lowest BCUT2D eigenvalue weighted by Crippen LogP contribution is -2.33. The van der Waals surface area contributed by atoms with Crippen LogP contribution in [-0.2, 0) is 19.4 Å². The number of aromatic nitrogens is 2. The van der Waals surface area contributed by atoms with E-state index in [0.29, 0.717) is 6.54 Å². The van der Waals surface area contributed by atoms with Crippen LogP contribution in [-0.4, -0.2) is 27.0 Å². The van der Waals surface area contributed by atoms with E-state index in [4.69, 9.17) is 5.73 Å². The molecule has 0 spiro atoms. The SMILES string of the molecule is CCc1cc(CC)n(CCCCC(C)(O)CN)n1. The summed E-state index contributed by atoms with van der Waals surface area (Å²) >= 11 is 0. The predicted molar refractivity (Wildman–Crippen MR) is 74.5 cm³/mol. The van der Waals surface area contributed by atoms with Crippen LogP contribution in [0.1, 0.15) is 51.4 Å². The zero-order valence-corrected chi connectivity index (χ0v) is 11.9. The van der Waals surface area contributed by atoms with Crippen molar-refractivity contribution in [3.63, 3.8) is 0 Å². The minimum absolute atomic E-state index is 0.328. The van der Waals surface area contributed by atoms with Gasteiger partial charge in [0.25, 0.3) is 0 Å². The molecule has 1 aromatic heterocycles. The van der Waals surface area contributed by atoms with Crippen LogP contribution in [0.15, 0.2) is 6.07 Å². The molecule has 104 valence electrons. The third-order valence-electron chi connectivity index (χ3n) is 3.41. The molecule has 4 heteroatoms. The Morgan fingerprint density at radius 3 is 2.61 bits per heavy atom. The Morgan fingerprint density at radius 1 is 1.33 bits per heavy atom. The van der Waals surface area contributed by atoms with Gasteiger partial charge in [-0.3, -0.25) is 4.68 Å². The summed E-state index contributed by atoms with van der Waals surface area (Å²) in [6, 6.07) is 2.19. The van der Waals surface area contributed by atoms with Crippen molar-refractivity contribution in [1.82, 2.24) is 9.78 Å². The summed E-state index contributed by atoms with van der Waals surface area (Å²) in [6.45, 7) is 7.35. The molecule has 1 aromatic rings. The summed E-state index contributed by atoms with van der Waals surface area (Å²) in [7, 11) is 0. The van der Waals surface area contributed by atoms with Gasteiger partial charge in [0, 0.05) is 18.8 Å². The van der Waals surface area contributed by atoms with E-state index >= 15 is 0 Å². The van der Waals surface area contributed by atoms with Crippen molar-refractivity contribution >= 4 is 0 Å². The highest BCUT2D eigenvalue weighted by molar-refractivity contribution is 5.10. The number of nitrogens with zero attached hydrogens (tertiary/aromatic N) is 2. The lowest BCUT2D eigenvalue weighted by Gasteiger charge is -2.20. The smallest absolute Gasteiger partial charge is 0.0741 e. The first-order chi connectivity index (χ1) is 8.52. The maximum atomic E-state index is 9.82. The first-order valence-corrected chi connectivity index (χ1v) is 7.00. The Balaban J connectivity index is 2.41. The lowest BCUT2D eigenvalue weighted by molar-refractivity contribution is 0.0569. The summed E-state index contributed by atoms with van der Waals surface area (Å²) in [5, 5.41) is 14.4. The van der Waals surface area contributed by atoms with E-state index < -0.39 is 5.60 Å². The van der Waals surface area contributed by atoms with Gasteiger partial charge < -0.3 is 10.8 Å². The molecule has 0 radical (unpaired) electrons. The van der Waals surface area contributed by atoms with Gasteiger partial charge >= 0.3 is 0 Å². The third-order valence-corrected chi connectivity index (χ3v) is 3.41. The molecule has 1 heterocycles. The molecule has 0 aliphatic heterocycles. The van der Waals surface area contributed by atoms with Gasteiger partial charge in [0.05, 0.1) is 11.3 Å².